The fraction of sp³-hybridized carbons (Fsp3) is 0.111. The van der Waals surface area contributed by atoms with Crippen LogP contribution < -0.4 is 5.32 Å². The minimum absolute atomic E-state index is 0.166. The van der Waals surface area contributed by atoms with E-state index in [-0.39, 0.29) is 5.70 Å². The van der Waals surface area contributed by atoms with Crippen molar-refractivity contribution >= 4 is 40.9 Å². The topological polar surface area (TPSA) is 66.4 Å². The van der Waals surface area contributed by atoms with Gasteiger partial charge in [0.05, 0.1) is 4.34 Å². The van der Waals surface area contributed by atoms with Crippen LogP contribution in [-0.2, 0) is 9.59 Å². The van der Waals surface area contributed by atoms with Gasteiger partial charge in [-0.3, -0.25) is 4.79 Å². The molecule has 0 atom stereocenters. The second kappa shape index (κ2) is 4.95. The molecule has 0 aliphatic rings. The number of hydrogen-bond donors (Lipinski definition) is 2. The van der Waals surface area contributed by atoms with Crippen LogP contribution in [0.1, 0.15) is 11.8 Å². The maximum Gasteiger partial charge on any atom is 0.352 e. The van der Waals surface area contributed by atoms with E-state index in [9.17, 15) is 9.59 Å². The monoisotopic (exact) mass is 245 g/mol. The Bertz CT molecular complexity index is 425. The van der Waals surface area contributed by atoms with E-state index in [2.05, 4.69) is 5.32 Å². The van der Waals surface area contributed by atoms with E-state index in [4.69, 9.17) is 16.7 Å². The van der Waals surface area contributed by atoms with Crippen LogP contribution in [0.2, 0.25) is 4.34 Å². The van der Waals surface area contributed by atoms with Crippen molar-refractivity contribution in [2.45, 2.75) is 6.92 Å². The SMILES string of the molecule is CC(=O)NC(=Cc1ccc(Cl)s1)C(=O)O. The van der Waals surface area contributed by atoms with Gasteiger partial charge >= 0.3 is 5.97 Å². The van der Waals surface area contributed by atoms with Crippen LogP contribution >= 0.6 is 22.9 Å². The molecule has 0 aliphatic heterocycles. The van der Waals surface area contributed by atoms with Crippen LogP contribution in [0, 0.1) is 0 Å². The lowest BCUT2D eigenvalue weighted by Gasteiger charge is -2.00. The van der Waals surface area contributed by atoms with E-state index in [0.29, 0.717) is 9.21 Å². The fourth-order valence-electron chi connectivity index (χ4n) is 0.889. The Kier molecular flexibility index (Phi) is 3.88. The molecule has 0 spiro atoms. The van der Waals surface area contributed by atoms with Gasteiger partial charge in [0.15, 0.2) is 0 Å². The molecule has 1 aromatic rings. The number of carbonyl (C=O) groups is 2. The first-order valence-electron chi connectivity index (χ1n) is 3.97. The van der Waals surface area contributed by atoms with Crippen molar-refractivity contribution in [3.8, 4) is 0 Å². The lowest BCUT2D eigenvalue weighted by atomic mass is 10.3. The van der Waals surface area contributed by atoms with Gasteiger partial charge in [0.2, 0.25) is 5.91 Å². The molecule has 0 bridgehead atoms. The van der Waals surface area contributed by atoms with Crippen molar-refractivity contribution in [3.63, 3.8) is 0 Å². The molecule has 4 nitrogen and oxygen atoms in total. The highest BCUT2D eigenvalue weighted by Crippen LogP contribution is 2.23. The molecule has 1 heterocycles. The van der Waals surface area contributed by atoms with E-state index in [1.54, 1.807) is 12.1 Å². The average molecular weight is 246 g/mol. The van der Waals surface area contributed by atoms with Crippen LogP contribution in [0.3, 0.4) is 0 Å². The number of carbonyl (C=O) groups excluding carboxylic acids is 1. The maximum absolute atomic E-state index is 10.7. The zero-order chi connectivity index (χ0) is 11.4. The first-order chi connectivity index (χ1) is 6.99. The van der Waals surface area contributed by atoms with Gasteiger partial charge in [0, 0.05) is 11.8 Å². The normalized spacial score (nSPS) is 11.2. The molecule has 0 aliphatic carbocycles. The molecule has 0 saturated heterocycles. The predicted octanol–water partition coefficient (Wildman–Crippen LogP) is 1.96. The Hall–Kier alpha value is -1.33. The molecule has 15 heavy (non-hydrogen) atoms. The second-order valence-corrected chi connectivity index (χ2v) is 4.43. The summed E-state index contributed by atoms with van der Waals surface area (Å²) >= 11 is 6.92. The molecule has 2 N–H and O–H groups in total. The third-order valence-electron chi connectivity index (χ3n) is 1.42. The molecular weight excluding hydrogens is 238 g/mol. The summed E-state index contributed by atoms with van der Waals surface area (Å²) in [6.45, 7) is 1.25. The zero-order valence-electron chi connectivity index (χ0n) is 7.78. The van der Waals surface area contributed by atoms with Crippen LogP contribution in [0.4, 0.5) is 0 Å². The van der Waals surface area contributed by atoms with Crippen LogP contribution in [0.15, 0.2) is 17.8 Å². The van der Waals surface area contributed by atoms with E-state index in [0.717, 1.165) is 0 Å². The molecule has 0 fully saturated rings. The van der Waals surface area contributed by atoms with Crippen molar-refractivity contribution in [1.82, 2.24) is 5.32 Å². The number of halogens is 1. The first kappa shape index (κ1) is 11.7. The molecule has 6 heteroatoms. The minimum Gasteiger partial charge on any atom is -0.477 e. The lowest BCUT2D eigenvalue weighted by Crippen LogP contribution is -2.24. The highest BCUT2D eigenvalue weighted by atomic mass is 35.5. The van der Waals surface area contributed by atoms with Crippen molar-refractivity contribution < 1.29 is 14.7 Å². The van der Waals surface area contributed by atoms with Gasteiger partial charge in [-0.15, -0.1) is 11.3 Å². The molecule has 1 rings (SSSR count). The zero-order valence-corrected chi connectivity index (χ0v) is 9.35. The Morgan fingerprint density at radius 3 is 2.60 bits per heavy atom. The number of rotatable bonds is 3. The molecular formula is C9H8ClNO3S. The van der Waals surface area contributed by atoms with Crippen molar-refractivity contribution in [1.29, 1.82) is 0 Å². The summed E-state index contributed by atoms with van der Waals surface area (Å²) in [5.41, 5.74) is -0.166. The van der Waals surface area contributed by atoms with E-state index in [1.165, 1.54) is 24.3 Å². The highest BCUT2D eigenvalue weighted by Gasteiger charge is 2.09. The molecule has 0 radical (unpaired) electrons. The minimum atomic E-state index is -1.19. The summed E-state index contributed by atoms with van der Waals surface area (Å²) in [6.07, 6.45) is 1.36. The van der Waals surface area contributed by atoms with Gasteiger partial charge in [-0.25, -0.2) is 4.79 Å². The van der Waals surface area contributed by atoms with Crippen LogP contribution in [0.25, 0.3) is 6.08 Å². The quantitative estimate of drug-likeness (QED) is 0.800. The summed E-state index contributed by atoms with van der Waals surface area (Å²) < 4.78 is 0.564. The van der Waals surface area contributed by atoms with Gasteiger partial charge in [-0.1, -0.05) is 11.6 Å². The Labute approximate surface area is 95.2 Å². The van der Waals surface area contributed by atoms with E-state index in [1.807, 2.05) is 0 Å². The second-order valence-electron chi connectivity index (χ2n) is 2.69. The summed E-state index contributed by atoms with van der Waals surface area (Å²) in [6, 6.07) is 3.34. The number of nitrogens with one attached hydrogen (secondary N) is 1. The third-order valence-corrected chi connectivity index (χ3v) is 2.60. The molecule has 80 valence electrons. The molecule has 0 aromatic carbocycles. The Balaban J connectivity index is 2.93. The fourth-order valence-corrected chi connectivity index (χ4v) is 1.89. The van der Waals surface area contributed by atoms with Crippen molar-refractivity contribution in [3.05, 3.63) is 27.0 Å². The third kappa shape index (κ3) is 3.73. The highest BCUT2D eigenvalue weighted by molar-refractivity contribution is 7.17. The average Bonchev–Trinajstić information content (AvgIpc) is 2.49. The summed E-state index contributed by atoms with van der Waals surface area (Å²) in [7, 11) is 0. The van der Waals surface area contributed by atoms with Gasteiger partial charge in [-0.2, -0.15) is 0 Å². The van der Waals surface area contributed by atoms with Crippen LogP contribution in [-0.4, -0.2) is 17.0 Å². The van der Waals surface area contributed by atoms with Gasteiger partial charge in [0.25, 0.3) is 0 Å². The van der Waals surface area contributed by atoms with Crippen molar-refractivity contribution in [2.75, 3.05) is 0 Å². The summed E-state index contributed by atoms with van der Waals surface area (Å²) in [5, 5.41) is 11.0. The number of carboxylic acids is 1. The van der Waals surface area contributed by atoms with Gasteiger partial charge < -0.3 is 10.4 Å². The smallest absolute Gasteiger partial charge is 0.352 e. The summed E-state index contributed by atoms with van der Waals surface area (Å²) in [4.78, 5) is 22.1. The van der Waals surface area contributed by atoms with Crippen molar-refractivity contribution in [2.24, 2.45) is 0 Å². The number of aliphatic carboxylic acids is 1. The standard InChI is InChI=1S/C9H8ClNO3S/c1-5(12)11-7(9(13)14)4-6-2-3-8(10)15-6/h2-4H,1H3,(H,11,12)(H,13,14). The lowest BCUT2D eigenvalue weighted by molar-refractivity contribution is -0.134. The molecule has 0 saturated carbocycles. The molecule has 0 unspecified atom stereocenters. The maximum atomic E-state index is 10.7. The van der Waals surface area contributed by atoms with Gasteiger partial charge in [0.1, 0.15) is 5.70 Å². The number of thiophene rings is 1. The number of amides is 1. The Morgan fingerprint density at radius 2 is 2.20 bits per heavy atom. The van der Waals surface area contributed by atoms with Gasteiger partial charge in [-0.05, 0) is 18.2 Å². The van der Waals surface area contributed by atoms with E-state index < -0.39 is 11.9 Å². The number of carboxylic acid groups (broad SMARTS) is 1. The summed E-state index contributed by atoms with van der Waals surface area (Å²) in [5.74, 6) is -1.61. The number of hydrogen-bond acceptors (Lipinski definition) is 3. The van der Waals surface area contributed by atoms with Crippen LogP contribution in [0.5, 0.6) is 0 Å². The Morgan fingerprint density at radius 1 is 1.53 bits per heavy atom. The molecule has 1 amide bonds. The largest absolute Gasteiger partial charge is 0.477 e. The van der Waals surface area contributed by atoms with E-state index >= 15 is 0 Å². The predicted molar refractivity (Wildman–Crippen MR) is 58.8 cm³/mol. The molecule has 1 aromatic heterocycles. The first-order valence-corrected chi connectivity index (χ1v) is 5.16.